The SMILES string of the molecule is COC(=O)C(=O)N1CCC2(CC1)CSC1=C(O2)c2ccccc2C(=O)C1=O.O=C1C(=O)c2ccccc2C2=C1SCC1(CCN(C(=O)c3cc4ccccc4s3)CC1)O2.O=C1C(=O)c2ccccc2C2=C1SCC1(CCN(C(=O)c3ccc(Cl)c(Cl)c3)CC1)O2.O=C1C(=O)c2ccccc2C2=C1SCC1(CCN(C(=O)c3cccc(C(F)(F)F)c3)CC1)O2. The van der Waals surface area contributed by atoms with Crippen molar-refractivity contribution in [3.8, 4) is 0 Å². The van der Waals surface area contributed by atoms with Crippen LogP contribution in [-0.2, 0) is 58.6 Å². The van der Waals surface area contributed by atoms with Gasteiger partial charge in [-0.1, -0.05) is 145 Å². The number of carbonyl (C=O) groups is 13. The fourth-order valence-corrected chi connectivity index (χ4v) is 23.2. The van der Waals surface area contributed by atoms with E-state index in [1.54, 1.807) is 95.9 Å². The number of Topliss-reactive ketones (excluding diaryl/α,β-unsaturated/α-hetero) is 8. The van der Waals surface area contributed by atoms with Crippen LogP contribution >= 0.6 is 81.6 Å². The number of allylic oxidation sites excluding steroid dienone is 4. The van der Waals surface area contributed by atoms with Crippen LogP contribution in [0.4, 0.5) is 13.2 Å². The Labute approximate surface area is 732 Å². The van der Waals surface area contributed by atoms with Gasteiger partial charge in [-0.3, -0.25) is 57.5 Å². The summed E-state index contributed by atoms with van der Waals surface area (Å²) in [7, 11) is 1.18. The van der Waals surface area contributed by atoms with E-state index < -0.39 is 98.2 Å². The molecule has 0 unspecified atom stereocenters. The predicted molar refractivity (Wildman–Crippen MR) is 459 cm³/mol. The van der Waals surface area contributed by atoms with Crippen molar-refractivity contribution < 1.29 is 99.2 Å². The topological polar surface area (TPSA) is 281 Å². The predicted octanol–water partition coefficient (Wildman–Crippen LogP) is 15.6. The molecule has 0 radical (unpaired) electrons. The first-order valence-electron chi connectivity index (χ1n) is 39.4. The summed E-state index contributed by atoms with van der Waals surface area (Å²) in [5.74, 6) is -2.02. The standard InChI is InChI=1S/C25H19NO4S2.C24H18F3NO4S.C23H17Cl2NO4S.C19H17NO6S/c27-20-16-6-2-3-7-17(16)22-23(21(20)28)31-14-25(30-22)9-11-26(12-10-25)24(29)19-13-15-5-1-4-8-18(15)32-19;25-24(26,27)15-5-3-4-14(12-15)22(31)28-10-8-23(9-11-28)13-33-21-19(30)18(29)16-6-1-2-7-17(16)20(21)32-23;24-16-6-5-13(11-17(16)25)22(29)26-9-7-23(8-10-26)12-31-21-19(28)18(27)14-3-1-2-4-15(14)20(21)30-23;1-25-18(24)17(23)20-8-6-19(7-9-20)10-27-16-14(22)13(21)11-4-2-3-5-12(11)15(16)26-19/h1-8,13H,9-12,14H2;1-7,12H,8-11,13H2;1-6,11H,7-10,12H2;2-5H,6-10H2,1H3. The number of fused-ring (bicyclic) bond motifs is 9. The second kappa shape index (κ2) is 33.7. The van der Waals surface area contributed by atoms with E-state index in [0.29, 0.717) is 230 Å². The van der Waals surface area contributed by atoms with Crippen LogP contribution in [0.15, 0.2) is 189 Å². The van der Waals surface area contributed by atoms with Crippen LogP contribution in [0, 0.1) is 0 Å². The van der Waals surface area contributed by atoms with Gasteiger partial charge in [0.1, 0.15) is 65.1 Å². The van der Waals surface area contributed by atoms with E-state index in [9.17, 15) is 75.5 Å². The number of hydrogen-bond acceptors (Lipinski definition) is 23. The minimum atomic E-state index is -4.52. The Kier molecular flexibility index (Phi) is 23.1. The molecule has 0 atom stereocenters. The van der Waals surface area contributed by atoms with Gasteiger partial charge in [0.05, 0.1) is 27.6 Å². The Morgan fingerprint density at radius 3 is 1.03 bits per heavy atom. The smallest absolute Gasteiger partial charge is 0.416 e. The van der Waals surface area contributed by atoms with E-state index in [1.807, 2.05) is 59.5 Å². The zero-order valence-corrected chi connectivity index (χ0v) is 71.0. The molecule has 0 bridgehead atoms. The molecule has 22 nitrogen and oxygen atoms in total. The van der Waals surface area contributed by atoms with Crippen LogP contribution in [0.25, 0.3) is 33.1 Å². The Morgan fingerprint density at radius 2 is 0.691 bits per heavy atom. The van der Waals surface area contributed by atoms with Crippen molar-refractivity contribution in [2.75, 3.05) is 82.5 Å². The van der Waals surface area contributed by atoms with Crippen LogP contribution in [0.5, 0.6) is 0 Å². The zero-order valence-electron chi connectivity index (χ0n) is 65.4. The van der Waals surface area contributed by atoms with Crippen molar-refractivity contribution >= 4 is 191 Å². The molecule has 32 heteroatoms. The Bertz CT molecular complexity index is 6030. The maximum Gasteiger partial charge on any atom is 0.416 e. The van der Waals surface area contributed by atoms with Crippen molar-refractivity contribution in [2.45, 2.75) is 79.9 Å². The summed E-state index contributed by atoms with van der Waals surface area (Å²) in [5.41, 5.74) is 1.62. The van der Waals surface area contributed by atoms with Gasteiger partial charge in [0.25, 0.3) is 17.7 Å². The van der Waals surface area contributed by atoms with Crippen molar-refractivity contribution in [2.24, 2.45) is 0 Å². The van der Waals surface area contributed by atoms with Crippen molar-refractivity contribution in [1.82, 2.24) is 19.6 Å². The number of esters is 1. The number of methoxy groups -OCH3 is 1. The Hall–Kier alpha value is -10.9. The summed E-state index contributed by atoms with van der Waals surface area (Å²) < 4.78 is 70.3. The summed E-state index contributed by atoms with van der Waals surface area (Å²) in [6, 6.07) is 47.3. The number of carbonyl (C=O) groups excluding carboxylic acids is 13. The van der Waals surface area contributed by atoms with Crippen molar-refractivity contribution in [3.63, 3.8) is 0 Å². The molecule has 4 aliphatic carbocycles. The highest BCUT2D eigenvalue weighted by molar-refractivity contribution is 8.05. The fourth-order valence-electron chi connectivity index (χ4n) is 16.8. The first-order valence-corrected chi connectivity index (χ1v) is 44.9. The second-order valence-electron chi connectivity index (χ2n) is 31.3. The van der Waals surface area contributed by atoms with Gasteiger partial charge < -0.3 is 43.3 Å². The van der Waals surface area contributed by atoms with Crippen molar-refractivity contribution in [3.05, 3.63) is 266 Å². The number of rotatable bonds is 3. The molecule has 0 saturated carbocycles. The van der Waals surface area contributed by atoms with Gasteiger partial charge in [-0.2, -0.15) is 13.2 Å². The number of thioether (sulfide) groups is 4. The van der Waals surface area contributed by atoms with Gasteiger partial charge >= 0.3 is 18.1 Å². The molecule has 12 aliphatic rings. The van der Waals surface area contributed by atoms with E-state index in [-0.39, 0.29) is 17.4 Å². The van der Waals surface area contributed by atoms with Gasteiger partial charge in [-0.15, -0.1) is 58.4 Å². The number of amides is 4. The summed E-state index contributed by atoms with van der Waals surface area (Å²) >= 11 is 19.0. The molecule has 4 saturated heterocycles. The molecule has 7 aromatic carbocycles. The summed E-state index contributed by atoms with van der Waals surface area (Å²) in [5, 5.41) is 1.85. The molecule has 4 fully saturated rings. The van der Waals surface area contributed by atoms with Gasteiger partial charge in [0.15, 0.2) is 0 Å². The number of ether oxygens (including phenoxy) is 5. The highest BCUT2D eigenvalue weighted by atomic mass is 35.5. The summed E-state index contributed by atoms with van der Waals surface area (Å²) in [4.78, 5) is 171. The first-order chi connectivity index (χ1) is 59.1. The van der Waals surface area contributed by atoms with E-state index >= 15 is 0 Å². The van der Waals surface area contributed by atoms with Crippen LogP contribution < -0.4 is 0 Å². The number of ketones is 8. The lowest BCUT2D eigenvalue weighted by Gasteiger charge is -2.45. The third kappa shape index (κ3) is 16.1. The lowest BCUT2D eigenvalue weighted by Crippen LogP contribution is -2.52. The molecular weight excluding hydrogens is 1730 g/mol. The molecule has 9 heterocycles. The third-order valence-electron chi connectivity index (χ3n) is 23.8. The number of hydrogen-bond donors (Lipinski definition) is 0. The minimum Gasteiger partial charge on any atom is -0.484 e. The molecule has 123 heavy (non-hydrogen) atoms. The van der Waals surface area contributed by atoms with E-state index in [1.165, 1.54) is 87.4 Å². The number of halogens is 5. The van der Waals surface area contributed by atoms with Gasteiger partial charge in [-0.25, -0.2) is 4.79 Å². The highest BCUT2D eigenvalue weighted by Crippen LogP contribution is 2.53. The summed E-state index contributed by atoms with van der Waals surface area (Å²) in [6.07, 6.45) is 0.124. The van der Waals surface area contributed by atoms with Gasteiger partial charge in [0, 0.05) is 187 Å². The number of benzene rings is 7. The van der Waals surface area contributed by atoms with Crippen LogP contribution in [-0.4, -0.2) is 200 Å². The van der Waals surface area contributed by atoms with E-state index in [4.69, 9.17) is 42.1 Å². The number of thiophene rings is 1. The van der Waals surface area contributed by atoms with Crippen LogP contribution in [0.2, 0.25) is 10.0 Å². The Morgan fingerprint density at radius 1 is 0.366 bits per heavy atom. The molecule has 8 aliphatic heterocycles. The normalized spacial score (nSPS) is 20.0. The average molecular weight is 1800 g/mol. The van der Waals surface area contributed by atoms with Gasteiger partial charge in [0.2, 0.25) is 46.3 Å². The number of alkyl halides is 3. The quantitative estimate of drug-likeness (QED) is 0.117. The molecule has 4 amide bonds. The molecular formula is C91H71Cl2F3N4O18S5. The largest absolute Gasteiger partial charge is 0.484 e. The van der Waals surface area contributed by atoms with Crippen LogP contribution in [0.1, 0.15) is 151 Å². The maximum atomic E-state index is 13.1. The monoisotopic (exact) mass is 1790 g/mol. The molecule has 0 N–H and O–H groups in total. The Balaban J connectivity index is 0.000000117. The average Bonchev–Trinajstić information content (AvgIpc) is 1.40. The van der Waals surface area contributed by atoms with Crippen LogP contribution in [0.3, 0.4) is 0 Å². The summed E-state index contributed by atoms with van der Waals surface area (Å²) in [6.45, 7) is 3.61. The molecule has 1 aromatic heterocycles. The van der Waals surface area contributed by atoms with E-state index in [2.05, 4.69) is 4.74 Å². The zero-order chi connectivity index (χ0) is 86.2. The maximum absolute atomic E-state index is 13.1. The first kappa shape index (κ1) is 84.4. The minimum absolute atomic E-state index is 0.00461. The molecule has 20 rings (SSSR count). The van der Waals surface area contributed by atoms with Gasteiger partial charge in [-0.05, 0) is 53.9 Å². The second-order valence-corrected chi connectivity index (χ2v) is 37.1. The molecule has 4 spiro atoms. The molecule has 628 valence electrons. The fraction of sp³-hybridized carbons (Fsp3) is 0.286. The number of nitrogens with zero attached hydrogens (tertiary/aromatic N) is 4. The van der Waals surface area contributed by atoms with Crippen molar-refractivity contribution in [1.29, 1.82) is 0 Å². The number of piperidine rings is 4. The molecule has 8 aromatic rings. The third-order valence-corrected chi connectivity index (χ3v) is 30.9. The number of likely N-dealkylation sites (tertiary alicyclic amines) is 4. The van der Waals surface area contributed by atoms with E-state index in [0.717, 1.165) is 27.1 Å². The highest BCUT2D eigenvalue weighted by Gasteiger charge is 2.52. The lowest BCUT2D eigenvalue weighted by atomic mass is 9.89. The lowest BCUT2D eigenvalue weighted by molar-refractivity contribution is -0.160.